The molecule has 3 saturated heterocycles. The number of rotatable bonds is 3. The van der Waals surface area contributed by atoms with Crippen molar-refractivity contribution in [3.8, 4) is 0 Å². The summed E-state index contributed by atoms with van der Waals surface area (Å²) >= 11 is 0. The zero-order valence-corrected chi connectivity index (χ0v) is 11.3. The highest BCUT2D eigenvalue weighted by atomic mass is 16.6. The average molecular weight is 265 g/mol. The van der Waals surface area contributed by atoms with Crippen LogP contribution in [0.1, 0.15) is 18.5 Å². The molecule has 1 aromatic heterocycles. The maximum atomic E-state index is 11.2. The van der Waals surface area contributed by atoms with Crippen molar-refractivity contribution in [2.24, 2.45) is 13.0 Å². The highest BCUT2D eigenvalue weighted by molar-refractivity contribution is 5.60. The number of hydrogen-bond acceptors (Lipinski definition) is 5. The first-order chi connectivity index (χ1) is 9.06. The van der Waals surface area contributed by atoms with Crippen LogP contribution < -0.4 is 5.32 Å². The van der Waals surface area contributed by atoms with E-state index >= 15 is 0 Å². The van der Waals surface area contributed by atoms with E-state index in [2.05, 4.69) is 15.3 Å². The summed E-state index contributed by atoms with van der Waals surface area (Å²) in [6.07, 6.45) is 2.37. The topological polar surface area (TPSA) is 76.2 Å². The Morgan fingerprint density at radius 1 is 1.42 bits per heavy atom. The second kappa shape index (κ2) is 4.48. The summed E-state index contributed by atoms with van der Waals surface area (Å²) in [6.45, 7) is 4.98. The van der Waals surface area contributed by atoms with E-state index in [0.717, 1.165) is 19.6 Å². The number of nitrogens with one attached hydrogen (secondary N) is 1. The molecule has 1 N–H and O–H groups in total. The van der Waals surface area contributed by atoms with Gasteiger partial charge in [0.05, 0.1) is 4.92 Å². The Labute approximate surface area is 111 Å². The van der Waals surface area contributed by atoms with Gasteiger partial charge in [-0.15, -0.1) is 0 Å². The molecular formula is C12H19N5O2. The third-order valence-electron chi connectivity index (χ3n) is 4.35. The van der Waals surface area contributed by atoms with Crippen LogP contribution in [0.2, 0.25) is 0 Å². The van der Waals surface area contributed by atoms with Crippen LogP contribution >= 0.6 is 0 Å². The van der Waals surface area contributed by atoms with Gasteiger partial charge >= 0.3 is 5.69 Å². The van der Waals surface area contributed by atoms with Gasteiger partial charge in [-0.25, -0.2) is 4.68 Å². The average Bonchev–Trinajstić information content (AvgIpc) is 2.65. The standard InChI is InChI=1S/C12H19N5O2/c1-8-11(17(18)19)12(15(2)14-8)13-10-7-16-5-3-9(10)4-6-16/h9-10,13H,3-7H2,1-2H3. The Morgan fingerprint density at radius 2 is 2.11 bits per heavy atom. The summed E-state index contributed by atoms with van der Waals surface area (Å²) < 4.78 is 1.59. The zero-order valence-electron chi connectivity index (χ0n) is 11.3. The molecule has 1 atom stereocenters. The van der Waals surface area contributed by atoms with Crippen LogP contribution in [0.5, 0.6) is 0 Å². The molecule has 0 radical (unpaired) electrons. The Balaban J connectivity index is 1.85. The van der Waals surface area contributed by atoms with Crippen molar-refractivity contribution in [1.29, 1.82) is 0 Å². The van der Waals surface area contributed by atoms with Crippen molar-refractivity contribution in [3.63, 3.8) is 0 Å². The lowest BCUT2D eigenvalue weighted by atomic mass is 9.84. The van der Waals surface area contributed by atoms with Crippen molar-refractivity contribution in [2.45, 2.75) is 25.8 Å². The first-order valence-electron chi connectivity index (χ1n) is 6.73. The van der Waals surface area contributed by atoms with Gasteiger partial charge in [0.25, 0.3) is 0 Å². The van der Waals surface area contributed by atoms with E-state index in [1.165, 1.54) is 12.8 Å². The molecule has 7 nitrogen and oxygen atoms in total. The first-order valence-corrected chi connectivity index (χ1v) is 6.73. The number of fused-ring (bicyclic) bond motifs is 3. The predicted octanol–water partition coefficient (Wildman–Crippen LogP) is 1.14. The highest BCUT2D eigenvalue weighted by Gasteiger charge is 2.36. The van der Waals surface area contributed by atoms with Gasteiger partial charge < -0.3 is 10.2 Å². The third kappa shape index (κ3) is 2.07. The highest BCUT2D eigenvalue weighted by Crippen LogP contribution is 2.33. The minimum absolute atomic E-state index is 0.110. The van der Waals surface area contributed by atoms with Gasteiger partial charge in [0.1, 0.15) is 5.69 Å². The molecule has 3 fully saturated rings. The van der Waals surface area contributed by atoms with Gasteiger partial charge in [-0.1, -0.05) is 0 Å². The molecule has 4 heterocycles. The molecule has 0 amide bonds. The van der Waals surface area contributed by atoms with Gasteiger partial charge in [0, 0.05) is 19.6 Å². The molecule has 4 rings (SSSR count). The van der Waals surface area contributed by atoms with Crippen LogP contribution in [-0.2, 0) is 7.05 Å². The number of anilines is 1. The van der Waals surface area contributed by atoms with E-state index in [9.17, 15) is 10.1 Å². The summed E-state index contributed by atoms with van der Waals surface area (Å²) in [7, 11) is 1.75. The van der Waals surface area contributed by atoms with Crippen molar-refractivity contribution >= 4 is 11.5 Å². The van der Waals surface area contributed by atoms with Crippen molar-refractivity contribution in [2.75, 3.05) is 25.0 Å². The molecule has 7 heteroatoms. The minimum atomic E-state index is -0.341. The quantitative estimate of drug-likeness (QED) is 0.655. The van der Waals surface area contributed by atoms with Crippen molar-refractivity contribution in [3.05, 3.63) is 15.8 Å². The van der Waals surface area contributed by atoms with Crippen LogP contribution in [0.4, 0.5) is 11.5 Å². The summed E-state index contributed by atoms with van der Waals surface area (Å²) in [6, 6.07) is 0.302. The predicted molar refractivity (Wildman–Crippen MR) is 71.2 cm³/mol. The van der Waals surface area contributed by atoms with Gasteiger partial charge in [-0.05, 0) is 38.8 Å². The smallest absolute Gasteiger partial charge is 0.333 e. The summed E-state index contributed by atoms with van der Waals surface area (Å²) in [5.41, 5.74) is 0.579. The largest absolute Gasteiger partial charge is 0.360 e. The number of hydrogen-bond donors (Lipinski definition) is 1. The summed E-state index contributed by atoms with van der Waals surface area (Å²) in [5.74, 6) is 1.17. The molecule has 2 bridgehead atoms. The van der Waals surface area contributed by atoms with E-state index in [4.69, 9.17) is 0 Å². The van der Waals surface area contributed by atoms with E-state index in [1.54, 1.807) is 18.7 Å². The molecule has 3 aliphatic heterocycles. The summed E-state index contributed by atoms with van der Waals surface area (Å²) in [4.78, 5) is 13.2. The third-order valence-corrected chi connectivity index (χ3v) is 4.35. The molecular weight excluding hydrogens is 246 g/mol. The number of piperidine rings is 3. The minimum Gasteiger partial charge on any atom is -0.360 e. The molecule has 1 aromatic rings. The maximum absolute atomic E-state index is 11.2. The Bertz CT molecular complexity index is 504. The van der Waals surface area contributed by atoms with Crippen LogP contribution in [-0.4, -0.2) is 45.3 Å². The van der Waals surface area contributed by atoms with E-state index in [-0.39, 0.29) is 10.6 Å². The lowest BCUT2D eigenvalue weighted by Crippen LogP contribution is -2.53. The number of nitro groups is 1. The molecule has 19 heavy (non-hydrogen) atoms. The van der Waals surface area contributed by atoms with Gasteiger partial charge in [0.2, 0.25) is 5.82 Å². The number of nitrogens with zero attached hydrogens (tertiary/aromatic N) is 4. The number of aryl methyl sites for hydroxylation is 2. The van der Waals surface area contributed by atoms with Crippen LogP contribution in [0.15, 0.2) is 0 Å². The Morgan fingerprint density at radius 3 is 2.63 bits per heavy atom. The Kier molecular flexibility index (Phi) is 2.93. The molecule has 104 valence electrons. The monoisotopic (exact) mass is 265 g/mol. The maximum Gasteiger partial charge on any atom is 0.333 e. The molecule has 1 unspecified atom stereocenters. The second-order valence-corrected chi connectivity index (χ2v) is 5.55. The summed E-state index contributed by atoms with van der Waals surface area (Å²) in [5, 5.41) is 18.7. The van der Waals surface area contributed by atoms with Crippen LogP contribution in [0.3, 0.4) is 0 Å². The molecule has 0 aliphatic carbocycles. The fourth-order valence-corrected chi connectivity index (χ4v) is 3.33. The van der Waals surface area contributed by atoms with E-state index in [1.807, 2.05) is 0 Å². The lowest BCUT2D eigenvalue weighted by molar-refractivity contribution is -0.384. The van der Waals surface area contributed by atoms with E-state index < -0.39 is 0 Å². The van der Waals surface area contributed by atoms with Crippen LogP contribution in [0, 0.1) is 23.0 Å². The lowest BCUT2D eigenvalue weighted by Gasteiger charge is -2.45. The Hall–Kier alpha value is -1.63. The van der Waals surface area contributed by atoms with Crippen molar-refractivity contribution in [1.82, 2.24) is 14.7 Å². The fourth-order valence-electron chi connectivity index (χ4n) is 3.33. The van der Waals surface area contributed by atoms with Gasteiger partial charge in [0.15, 0.2) is 0 Å². The van der Waals surface area contributed by atoms with E-state index in [0.29, 0.717) is 23.5 Å². The SMILES string of the molecule is Cc1nn(C)c(NC2CN3CCC2CC3)c1[N+](=O)[O-]. The van der Waals surface area contributed by atoms with Crippen LogP contribution in [0.25, 0.3) is 0 Å². The van der Waals surface area contributed by atoms with Gasteiger partial charge in [-0.3, -0.25) is 10.1 Å². The molecule has 0 saturated carbocycles. The van der Waals surface area contributed by atoms with Crippen molar-refractivity contribution < 1.29 is 4.92 Å². The normalized spacial score (nSPS) is 29.5. The number of aromatic nitrogens is 2. The molecule has 3 aliphatic rings. The second-order valence-electron chi connectivity index (χ2n) is 5.55. The first kappa shape index (κ1) is 12.4. The zero-order chi connectivity index (χ0) is 13.6. The fraction of sp³-hybridized carbons (Fsp3) is 0.750. The van der Waals surface area contributed by atoms with Gasteiger partial charge in [-0.2, -0.15) is 5.10 Å². The molecule has 0 spiro atoms. The molecule has 0 aromatic carbocycles.